The van der Waals surface area contributed by atoms with Crippen molar-refractivity contribution in [3.05, 3.63) is 0 Å². The molecule has 6 nitrogen and oxygen atoms in total. The third-order valence-corrected chi connectivity index (χ3v) is 3.97. The summed E-state index contributed by atoms with van der Waals surface area (Å²) in [5, 5.41) is 4.72. The summed E-state index contributed by atoms with van der Waals surface area (Å²) in [6.45, 7) is 4.03. The van der Waals surface area contributed by atoms with E-state index in [1.54, 1.807) is 5.01 Å². The molecule has 0 radical (unpaired) electrons. The molecule has 2 N–H and O–H groups in total. The van der Waals surface area contributed by atoms with Gasteiger partial charge >= 0.3 is 0 Å². The summed E-state index contributed by atoms with van der Waals surface area (Å²) in [4.78, 5) is 4.81. The molecule has 1 heterocycles. The van der Waals surface area contributed by atoms with Gasteiger partial charge in [0.2, 0.25) is 10.0 Å². The molecule has 0 unspecified atom stereocenters. The Kier molecular flexibility index (Phi) is 5.63. The first-order valence-electron chi connectivity index (χ1n) is 5.62. The highest BCUT2D eigenvalue weighted by molar-refractivity contribution is 7.89. The Bertz CT molecular complexity index is 286. The molecule has 96 valence electrons. The lowest BCUT2D eigenvalue weighted by Crippen LogP contribution is -2.52. The van der Waals surface area contributed by atoms with Crippen molar-refractivity contribution in [2.45, 2.75) is 6.42 Å². The molecule has 7 heteroatoms. The minimum Gasteiger partial charge on any atom is -0.320 e. The Morgan fingerprint density at radius 2 is 1.81 bits per heavy atom. The van der Waals surface area contributed by atoms with Gasteiger partial charge in [-0.15, -0.1) is 4.83 Å². The molecule has 1 rings (SSSR count). The van der Waals surface area contributed by atoms with Crippen LogP contribution in [0.3, 0.4) is 0 Å². The van der Waals surface area contributed by atoms with Gasteiger partial charge in [0.25, 0.3) is 0 Å². The van der Waals surface area contributed by atoms with Gasteiger partial charge in [-0.2, -0.15) is 0 Å². The van der Waals surface area contributed by atoms with Crippen molar-refractivity contribution in [3.63, 3.8) is 0 Å². The summed E-state index contributed by atoms with van der Waals surface area (Å²) in [5.74, 6) is 0.181. The van der Waals surface area contributed by atoms with Crippen molar-refractivity contribution < 1.29 is 8.42 Å². The Morgan fingerprint density at radius 3 is 2.38 bits per heavy atom. The largest absolute Gasteiger partial charge is 0.320 e. The van der Waals surface area contributed by atoms with Crippen LogP contribution in [0, 0.1) is 0 Å². The van der Waals surface area contributed by atoms with E-state index < -0.39 is 10.0 Å². The molecular formula is C9H22N4O2S. The predicted octanol–water partition coefficient (Wildman–Crippen LogP) is -1.32. The van der Waals surface area contributed by atoms with Crippen molar-refractivity contribution in [1.82, 2.24) is 20.1 Å². The van der Waals surface area contributed by atoms with Crippen LogP contribution >= 0.6 is 0 Å². The number of hydrogen-bond donors (Lipinski definition) is 2. The number of hydrazine groups is 1. The fourth-order valence-electron chi connectivity index (χ4n) is 1.58. The maximum Gasteiger partial charge on any atom is 0.224 e. The third-order valence-electron chi connectivity index (χ3n) is 2.61. The molecular weight excluding hydrogens is 228 g/mol. The van der Waals surface area contributed by atoms with Gasteiger partial charge in [-0.05, 0) is 27.1 Å². The zero-order chi connectivity index (χ0) is 12.0. The lowest BCUT2D eigenvalue weighted by atomic mass is 10.4. The number of likely N-dealkylation sites (N-methyl/N-ethyl adjacent to an activating group) is 1. The van der Waals surface area contributed by atoms with E-state index in [-0.39, 0.29) is 5.75 Å². The van der Waals surface area contributed by atoms with Crippen LogP contribution in [-0.4, -0.2) is 70.9 Å². The maximum atomic E-state index is 11.7. The fourth-order valence-corrected chi connectivity index (χ4v) is 2.77. The van der Waals surface area contributed by atoms with Gasteiger partial charge in [0.1, 0.15) is 0 Å². The molecule has 16 heavy (non-hydrogen) atoms. The maximum absolute atomic E-state index is 11.7. The third kappa shape index (κ3) is 5.22. The minimum absolute atomic E-state index is 0.181. The number of nitrogens with one attached hydrogen (secondary N) is 2. The van der Waals surface area contributed by atoms with Crippen LogP contribution in [-0.2, 0) is 10.0 Å². The van der Waals surface area contributed by atoms with Crippen molar-refractivity contribution in [2.75, 3.05) is 52.6 Å². The molecule has 1 aliphatic heterocycles. The van der Waals surface area contributed by atoms with E-state index in [1.165, 1.54) is 0 Å². The first-order chi connectivity index (χ1) is 7.53. The Labute approximate surface area is 98.0 Å². The summed E-state index contributed by atoms with van der Waals surface area (Å²) >= 11 is 0. The van der Waals surface area contributed by atoms with E-state index in [2.05, 4.69) is 15.0 Å². The highest BCUT2D eigenvalue weighted by Gasteiger charge is 2.18. The molecule has 0 bridgehead atoms. The molecule has 1 saturated heterocycles. The quantitative estimate of drug-likeness (QED) is 0.572. The summed E-state index contributed by atoms with van der Waals surface area (Å²) in [5.41, 5.74) is 0. The first kappa shape index (κ1) is 13.9. The molecule has 0 amide bonds. The van der Waals surface area contributed by atoms with Crippen molar-refractivity contribution >= 4 is 10.0 Å². The van der Waals surface area contributed by atoms with Crippen LogP contribution in [0.4, 0.5) is 0 Å². The average molecular weight is 250 g/mol. The molecule has 0 aromatic rings. The van der Waals surface area contributed by atoms with Crippen LogP contribution in [0.1, 0.15) is 6.42 Å². The molecule has 1 fully saturated rings. The second-order valence-electron chi connectivity index (χ2n) is 4.16. The van der Waals surface area contributed by atoms with Crippen LogP contribution in [0.2, 0.25) is 0 Å². The standard InChI is InChI=1S/C9H22N4O2S/c1-10-4-3-9-16(14,15)11-13-7-5-12(2)6-8-13/h10-11H,3-9H2,1-2H3. The van der Waals surface area contributed by atoms with Crippen LogP contribution in [0.25, 0.3) is 0 Å². The molecule has 0 saturated carbocycles. The first-order valence-corrected chi connectivity index (χ1v) is 7.27. The number of sulfonamides is 1. The number of nitrogens with zero attached hydrogens (tertiary/aromatic N) is 2. The zero-order valence-corrected chi connectivity index (χ0v) is 10.9. The molecule has 0 aromatic heterocycles. The Morgan fingerprint density at radius 1 is 1.19 bits per heavy atom. The number of rotatable bonds is 6. The lowest BCUT2D eigenvalue weighted by molar-refractivity contribution is 0.135. The van der Waals surface area contributed by atoms with Gasteiger partial charge in [0.05, 0.1) is 5.75 Å². The van der Waals surface area contributed by atoms with Crippen LogP contribution < -0.4 is 10.1 Å². The van der Waals surface area contributed by atoms with Crippen molar-refractivity contribution in [2.24, 2.45) is 0 Å². The van der Waals surface area contributed by atoms with E-state index in [9.17, 15) is 8.42 Å². The smallest absolute Gasteiger partial charge is 0.224 e. The molecule has 0 aromatic carbocycles. The summed E-state index contributed by atoms with van der Waals surface area (Å²) in [6.07, 6.45) is 0.638. The van der Waals surface area contributed by atoms with Gasteiger partial charge in [-0.3, -0.25) is 0 Å². The fraction of sp³-hybridized carbons (Fsp3) is 1.00. The van der Waals surface area contributed by atoms with E-state index in [1.807, 2.05) is 14.1 Å². The summed E-state index contributed by atoms with van der Waals surface area (Å²) < 4.78 is 23.3. The van der Waals surface area contributed by atoms with E-state index in [4.69, 9.17) is 0 Å². The SMILES string of the molecule is CNCCCS(=O)(=O)NN1CCN(C)CC1. The van der Waals surface area contributed by atoms with Gasteiger partial charge in [-0.25, -0.2) is 13.4 Å². The van der Waals surface area contributed by atoms with E-state index in [0.717, 1.165) is 32.7 Å². The van der Waals surface area contributed by atoms with Gasteiger partial charge in [0.15, 0.2) is 0 Å². The van der Waals surface area contributed by atoms with Gasteiger partial charge in [0, 0.05) is 26.2 Å². The summed E-state index contributed by atoms with van der Waals surface area (Å²) in [6, 6.07) is 0. The monoisotopic (exact) mass is 250 g/mol. The molecule has 0 atom stereocenters. The highest BCUT2D eigenvalue weighted by Crippen LogP contribution is 1.98. The van der Waals surface area contributed by atoms with Gasteiger partial charge in [-0.1, -0.05) is 0 Å². The highest BCUT2D eigenvalue weighted by atomic mass is 32.2. The van der Waals surface area contributed by atoms with E-state index >= 15 is 0 Å². The Balaban J connectivity index is 2.29. The van der Waals surface area contributed by atoms with Crippen LogP contribution in [0.5, 0.6) is 0 Å². The molecule has 0 aliphatic carbocycles. The lowest BCUT2D eigenvalue weighted by Gasteiger charge is -2.32. The zero-order valence-electron chi connectivity index (χ0n) is 10.1. The topological polar surface area (TPSA) is 64.7 Å². The second kappa shape index (κ2) is 6.51. The predicted molar refractivity (Wildman–Crippen MR) is 64.5 cm³/mol. The number of piperazine rings is 1. The second-order valence-corrected chi connectivity index (χ2v) is 5.98. The van der Waals surface area contributed by atoms with Crippen LogP contribution in [0.15, 0.2) is 0 Å². The Hall–Kier alpha value is -0.210. The minimum atomic E-state index is -3.15. The normalized spacial score (nSPS) is 20.1. The van der Waals surface area contributed by atoms with E-state index in [0.29, 0.717) is 6.42 Å². The number of hydrogen-bond acceptors (Lipinski definition) is 5. The van der Waals surface area contributed by atoms with Gasteiger partial charge < -0.3 is 10.2 Å². The molecule has 1 aliphatic rings. The average Bonchev–Trinajstić information content (AvgIpc) is 2.21. The molecule has 0 spiro atoms. The van der Waals surface area contributed by atoms with Crippen molar-refractivity contribution in [3.8, 4) is 0 Å². The summed E-state index contributed by atoms with van der Waals surface area (Å²) in [7, 11) is 0.707. The van der Waals surface area contributed by atoms with Crippen molar-refractivity contribution in [1.29, 1.82) is 0 Å².